The van der Waals surface area contributed by atoms with Gasteiger partial charge in [0, 0.05) is 71.3 Å². The lowest BCUT2D eigenvalue weighted by Gasteiger charge is -2.26. The number of fused-ring (bicyclic) bond motifs is 9. The molecule has 18 aromatic rings. The average molecular weight is 1190 g/mol. The van der Waals surface area contributed by atoms with Crippen LogP contribution < -0.4 is 0 Å². The molecule has 0 radical (unpaired) electrons. The van der Waals surface area contributed by atoms with Crippen LogP contribution in [0.1, 0.15) is 0 Å². The molecule has 0 aliphatic carbocycles. The van der Waals surface area contributed by atoms with Crippen LogP contribution >= 0.6 is 0 Å². The van der Waals surface area contributed by atoms with E-state index in [2.05, 4.69) is 335 Å². The molecule has 0 bridgehead atoms. The Morgan fingerprint density at radius 3 is 0.935 bits per heavy atom. The largest absolute Gasteiger partial charge is 0.308 e. The predicted molar refractivity (Wildman–Crippen MR) is 382 cm³/mol. The normalized spacial score (nSPS) is 11.7. The Morgan fingerprint density at radius 1 is 0.194 bits per heavy atom. The summed E-state index contributed by atoms with van der Waals surface area (Å²) in [6.45, 7) is 0. The fraction of sp³-hybridized carbons (Fsp3) is 0. The number of aromatic nitrogens is 8. The minimum Gasteiger partial charge on any atom is -0.308 e. The molecule has 6 aromatic heterocycles. The third-order valence-corrected chi connectivity index (χ3v) is 18.1. The van der Waals surface area contributed by atoms with Crippen molar-refractivity contribution in [2.75, 3.05) is 0 Å². The van der Waals surface area contributed by atoms with Crippen molar-refractivity contribution in [1.82, 2.24) is 38.6 Å². The Bertz CT molecular complexity index is 5690. The second-order valence-corrected chi connectivity index (χ2v) is 23.5. The van der Waals surface area contributed by atoms with Crippen LogP contribution in [-0.4, -0.2) is 38.6 Å². The van der Waals surface area contributed by atoms with Crippen LogP contribution in [0, 0.1) is 0 Å². The van der Waals surface area contributed by atoms with Crippen molar-refractivity contribution in [3.05, 3.63) is 328 Å². The van der Waals surface area contributed by atoms with Gasteiger partial charge in [-0.3, -0.25) is 0 Å². The number of rotatable bonds is 11. The summed E-state index contributed by atoms with van der Waals surface area (Å²) in [5.41, 5.74) is 20.9. The SMILES string of the molecule is c1ccc(-c2cccc(-c3ccc4c(c3)c3ccccc3n4-c3c(-n4c5ccccc5c5ccccc54)cc(-c4nc(-c5ccccc5)cc(-c5ccccc5)n4)c(-n4c5ccccc5c5ccccc54)c3-c3nc(-c4ccccc4)cc(-c4ccccc4)n3)n2)cc1. The van der Waals surface area contributed by atoms with Crippen molar-refractivity contribution in [2.24, 2.45) is 0 Å². The molecule has 0 saturated carbocycles. The standard InChI is InChI=1S/C85H54N8/c1-6-27-55(28-7-1)68-42-26-43-69(86-68)60-49-50-79-66(51-60)65-41-20-25-48-78(65)93(79)83-80(91-74-44-21-16-37-61(74)62-38-17-22-45-75(62)91)52-67(84-87-70(56-29-8-2-9-30-56)53-71(88-84)57-31-10-3-11-32-57)82(92-76-46-23-18-39-63(76)64-40-19-24-47-77(64)92)81(83)85-89-72(58-33-12-4-13-34-58)54-73(90-85)59-35-14-5-15-36-59/h1-54H. The van der Waals surface area contributed by atoms with Gasteiger partial charge in [0.05, 0.1) is 89.9 Å². The summed E-state index contributed by atoms with van der Waals surface area (Å²) in [5.74, 6) is 1.04. The fourth-order valence-electron chi connectivity index (χ4n) is 13.9. The smallest absolute Gasteiger partial charge is 0.164 e. The summed E-state index contributed by atoms with van der Waals surface area (Å²) >= 11 is 0. The molecule has 0 unspecified atom stereocenters. The van der Waals surface area contributed by atoms with Crippen molar-refractivity contribution in [2.45, 2.75) is 0 Å². The number of pyridine rings is 1. The quantitative estimate of drug-likeness (QED) is 0.129. The molecular weight excluding hydrogens is 1130 g/mol. The summed E-state index contributed by atoms with van der Waals surface area (Å²) in [7, 11) is 0. The van der Waals surface area contributed by atoms with Crippen LogP contribution in [-0.2, 0) is 0 Å². The number of benzene rings is 12. The van der Waals surface area contributed by atoms with Gasteiger partial charge >= 0.3 is 0 Å². The molecule has 0 saturated heterocycles. The van der Waals surface area contributed by atoms with Crippen molar-refractivity contribution >= 4 is 65.4 Å². The highest BCUT2D eigenvalue weighted by atomic mass is 15.1. The van der Waals surface area contributed by atoms with Crippen LogP contribution in [0.25, 0.3) is 173 Å². The maximum atomic E-state index is 5.96. The molecule has 0 N–H and O–H groups in total. The summed E-state index contributed by atoms with van der Waals surface area (Å²) < 4.78 is 7.37. The molecule has 6 heterocycles. The maximum Gasteiger partial charge on any atom is 0.164 e. The van der Waals surface area contributed by atoms with Gasteiger partial charge in [-0.2, -0.15) is 0 Å². The van der Waals surface area contributed by atoms with E-state index < -0.39 is 0 Å². The lowest BCUT2D eigenvalue weighted by Crippen LogP contribution is -2.13. The van der Waals surface area contributed by atoms with Crippen molar-refractivity contribution in [3.8, 4) is 107 Å². The van der Waals surface area contributed by atoms with E-state index in [0.717, 1.165) is 161 Å². The van der Waals surface area contributed by atoms with Gasteiger partial charge in [-0.25, -0.2) is 24.9 Å². The molecule has 434 valence electrons. The zero-order valence-corrected chi connectivity index (χ0v) is 50.3. The first-order chi connectivity index (χ1) is 46.1. The van der Waals surface area contributed by atoms with Crippen molar-refractivity contribution in [3.63, 3.8) is 0 Å². The molecular formula is C85H54N8. The Balaban J connectivity index is 1.09. The van der Waals surface area contributed by atoms with Gasteiger partial charge in [-0.15, -0.1) is 0 Å². The molecule has 0 aliphatic rings. The molecule has 0 atom stereocenters. The number of hydrogen-bond acceptors (Lipinski definition) is 5. The molecule has 0 amide bonds. The minimum absolute atomic E-state index is 0.512. The van der Waals surface area contributed by atoms with Gasteiger partial charge in [0.2, 0.25) is 0 Å². The van der Waals surface area contributed by atoms with Gasteiger partial charge < -0.3 is 13.7 Å². The van der Waals surface area contributed by atoms with Gasteiger partial charge in [-0.05, 0) is 72.8 Å². The monoisotopic (exact) mass is 1190 g/mol. The van der Waals surface area contributed by atoms with E-state index in [-0.39, 0.29) is 0 Å². The number of para-hydroxylation sites is 5. The number of hydrogen-bond donors (Lipinski definition) is 0. The summed E-state index contributed by atoms with van der Waals surface area (Å²) in [5, 5.41) is 6.57. The summed E-state index contributed by atoms with van der Waals surface area (Å²) in [6.07, 6.45) is 0. The molecule has 0 spiro atoms. The molecule has 12 aromatic carbocycles. The summed E-state index contributed by atoms with van der Waals surface area (Å²) in [4.78, 5) is 28.9. The summed E-state index contributed by atoms with van der Waals surface area (Å²) in [6, 6.07) is 116. The number of nitrogens with zero attached hydrogens (tertiary/aromatic N) is 8. The van der Waals surface area contributed by atoms with E-state index in [1.165, 1.54) is 0 Å². The molecule has 18 rings (SSSR count). The Kier molecular flexibility index (Phi) is 12.7. The van der Waals surface area contributed by atoms with E-state index in [1.54, 1.807) is 0 Å². The maximum absolute atomic E-state index is 5.96. The molecule has 8 nitrogen and oxygen atoms in total. The van der Waals surface area contributed by atoms with Crippen LogP contribution in [0.3, 0.4) is 0 Å². The lowest BCUT2D eigenvalue weighted by molar-refractivity contribution is 1.06. The van der Waals surface area contributed by atoms with E-state index in [4.69, 9.17) is 24.9 Å². The van der Waals surface area contributed by atoms with E-state index in [9.17, 15) is 0 Å². The Morgan fingerprint density at radius 2 is 0.516 bits per heavy atom. The predicted octanol–water partition coefficient (Wildman–Crippen LogP) is 21.3. The highest BCUT2D eigenvalue weighted by Crippen LogP contribution is 2.50. The zero-order valence-electron chi connectivity index (χ0n) is 50.3. The Hall–Kier alpha value is -12.7. The third kappa shape index (κ3) is 9.03. The molecule has 8 heteroatoms. The van der Waals surface area contributed by atoms with Crippen LogP contribution in [0.4, 0.5) is 0 Å². The highest BCUT2D eigenvalue weighted by molar-refractivity contribution is 6.15. The first-order valence-corrected chi connectivity index (χ1v) is 31.4. The van der Waals surface area contributed by atoms with Gasteiger partial charge in [-0.1, -0.05) is 255 Å². The van der Waals surface area contributed by atoms with Gasteiger partial charge in [0.15, 0.2) is 11.6 Å². The highest BCUT2D eigenvalue weighted by Gasteiger charge is 2.33. The second-order valence-electron chi connectivity index (χ2n) is 23.5. The first kappa shape index (κ1) is 53.4. The zero-order chi connectivity index (χ0) is 61.3. The van der Waals surface area contributed by atoms with E-state index in [1.807, 2.05) is 6.07 Å². The average Bonchev–Trinajstić information content (AvgIpc) is 1.61. The van der Waals surface area contributed by atoms with E-state index >= 15 is 0 Å². The van der Waals surface area contributed by atoms with Crippen molar-refractivity contribution < 1.29 is 0 Å². The second kappa shape index (κ2) is 22.1. The topological polar surface area (TPSA) is 79.2 Å². The van der Waals surface area contributed by atoms with E-state index in [0.29, 0.717) is 11.6 Å². The minimum atomic E-state index is 0.512. The first-order valence-electron chi connectivity index (χ1n) is 31.4. The fourth-order valence-corrected chi connectivity index (χ4v) is 13.9. The molecule has 0 fully saturated rings. The van der Waals surface area contributed by atoms with Crippen LogP contribution in [0.2, 0.25) is 0 Å². The molecule has 0 aliphatic heterocycles. The van der Waals surface area contributed by atoms with Gasteiger partial charge in [0.1, 0.15) is 0 Å². The third-order valence-electron chi connectivity index (χ3n) is 18.1. The lowest BCUT2D eigenvalue weighted by atomic mass is 9.97. The van der Waals surface area contributed by atoms with Crippen LogP contribution in [0.15, 0.2) is 328 Å². The molecule has 93 heavy (non-hydrogen) atoms. The van der Waals surface area contributed by atoms with Crippen molar-refractivity contribution in [1.29, 1.82) is 0 Å². The van der Waals surface area contributed by atoms with Crippen LogP contribution in [0.5, 0.6) is 0 Å². The Labute approximate surface area is 536 Å². The van der Waals surface area contributed by atoms with Gasteiger partial charge in [0.25, 0.3) is 0 Å².